The van der Waals surface area contributed by atoms with Crippen molar-refractivity contribution in [1.29, 1.82) is 0 Å². The molecule has 0 saturated heterocycles. The fourth-order valence-electron chi connectivity index (χ4n) is 0.853. The summed E-state index contributed by atoms with van der Waals surface area (Å²) in [4.78, 5) is 15.2. The highest BCUT2D eigenvalue weighted by molar-refractivity contribution is 6.38. The molecule has 70 valence electrons. The molecule has 1 heterocycles. The molecule has 5 heteroatoms. The first-order chi connectivity index (χ1) is 6.24. The van der Waals surface area contributed by atoms with Gasteiger partial charge in [-0.2, -0.15) is 0 Å². The van der Waals surface area contributed by atoms with Crippen LogP contribution in [0.25, 0.3) is 0 Å². The van der Waals surface area contributed by atoms with Crippen LogP contribution in [0.4, 0.5) is 0 Å². The summed E-state index contributed by atoms with van der Waals surface area (Å²) in [6.07, 6.45) is 1.76. The molecule has 0 spiro atoms. The topological polar surface area (TPSA) is 77.8 Å². The maximum absolute atomic E-state index is 10.8. The lowest BCUT2D eigenvalue weighted by Crippen LogP contribution is -2.25. The first-order valence-corrected chi connectivity index (χ1v) is 3.66. The molecule has 0 aliphatic rings. The maximum Gasteiger partial charge on any atom is 0.266 e. The molecule has 1 rings (SSSR count). The summed E-state index contributed by atoms with van der Waals surface area (Å²) in [7, 11) is 1.35. The van der Waals surface area contributed by atoms with Crippen molar-refractivity contribution in [3.63, 3.8) is 0 Å². The molecule has 0 radical (unpaired) electrons. The Bertz CT molecular complexity index is 303. The standard InChI is InChI=1S/C8H10N2O3/c1-12-10-7(8(9)11)5-6-3-2-4-13-6/h2-4H,5H2,1H3,(H2,9,11)/b10-7+. The Morgan fingerprint density at radius 2 is 2.54 bits per heavy atom. The maximum atomic E-state index is 10.8. The zero-order chi connectivity index (χ0) is 9.68. The summed E-state index contributed by atoms with van der Waals surface area (Å²) in [6, 6.07) is 3.45. The molecule has 0 aromatic carbocycles. The summed E-state index contributed by atoms with van der Waals surface area (Å²) >= 11 is 0. The highest BCUT2D eigenvalue weighted by Gasteiger charge is 2.10. The van der Waals surface area contributed by atoms with E-state index >= 15 is 0 Å². The molecule has 0 saturated carbocycles. The van der Waals surface area contributed by atoms with E-state index in [2.05, 4.69) is 9.99 Å². The predicted octanol–water partition coefficient (Wildman–Crippen LogP) is 0.310. The molecule has 0 aliphatic carbocycles. The highest BCUT2D eigenvalue weighted by atomic mass is 16.6. The number of hydrogen-bond donors (Lipinski definition) is 1. The van der Waals surface area contributed by atoms with Gasteiger partial charge in [-0.15, -0.1) is 0 Å². The van der Waals surface area contributed by atoms with Crippen molar-refractivity contribution >= 4 is 11.6 Å². The van der Waals surface area contributed by atoms with Gasteiger partial charge in [-0.3, -0.25) is 4.79 Å². The lowest BCUT2D eigenvalue weighted by Gasteiger charge is -1.97. The third-order valence-corrected chi connectivity index (χ3v) is 1.41. The van der Waals surface area contributed by atoms with Crippen LogP contribution in [0.2, 0.25) is 0 Å². The lowest BCUT2D eigenvalue weighted by molar-refractivity contribution is -0.112. The van der Waals surface area contributed by atoms with Crippen LogP contribution in [0.1, 0.15) is 5.76 Å². The second-order valence-electron chi connectivity index (χ2n) is 2.34. The Hall–Kier alpha value is -1.78. The van der Waals surface area contributed by atoms with E-state index in [1.807, 2.05) is 0 Å². The lowest BCUT2D eigenvalue weighted by atomic mass is 10.2. The van der Waals surface area contributed by atoms with E-state index < -0.39 is 5.91 Å². The third kappa shape index (κ3) is 2.62. The van der Waals surface area contributed by atoms with Gasteiger partial charge in [0.2, 0.25) is 0 Å². The zero-order valence-electron chi connectivity index (χ0n) is 7.19. The number of carbonyl (C=O) groups is 1. The van der Waals surface area contributed by atoms with Crippen LogP contribution in [0.3, 0.4) is 0 Å². The van der Waals surface area contributed by atoms with Crippen LogP contribution in [-0.4, -0.2) is 18.7 Å². The molecule has 0 unspecified atom stereocenters. The number of nitrogens with zero attached hydrogens (tertiary/aromatic N) is 1. The molecule has 13 heavy (non-hydrogen) atoms. The summed E-state index contributed by atoms with van der Waals surface area (Å²) < 4.78 is 5.02. The van der Waals surface area contributed by atoms with Gasteiger partial charge >= 0.3 is 0 Å². The quantitative estimate of drug-likeness (QED) is 0.537. The predicted molar refractivity (Wildman–Crippen MR) is 46.1 cm³/mol. The molecule has 2 N–H and O–H groups in total. The van der Waals surface area contributed by atoms with Gasteiger partial charge in [-0.05, 0) is 12.1 Å². The molecule has 1 amide bonds. The zero-order valence-corrected chi connectivity index (χ0v) is 7.19. The van der Waals surface area contributed by atoms with Crippen LogP contribution in [-0.2, 0) is 16.1 Å². The Morgan fingerprint density at radius 3 is 3.00 bits per heavy atom. The van der Waals surface area contributed by atoms with Crippen LogP contribution >= 0.6 is 0 Å². The van der Waals surface area contributed by atoms with Gasteiger partial charge in [0.05, 0.1) is 12.7 Å². The minimum Gasteiger partial charge on any atom is -0.469 e. The van der Waals surface area contributed by atoms with E-state index in [0.717, 1.165) is 0 Å². The van der Waals surface area contributed by atoms with E-state index in [9.17, 15) is 4.79 Å². The fraction of sp³-hybridized carbons (Fsp3) is 0.250. The number of amides is 1. The summed E-state index contributed by atoms with van der Waals surface area (Å²) in [6.45, 7) is 0. The first kappa shape index (κ1) is 9.31. The number of hydrogen-bond acceptors (Lipinski definition) is 4. The van der Waals surface area contributed by atoms with Gasteiger partial charge < -0.3 is 15.0 Å². The summed E-state index contributed by atoms with van der Waals surface area (Å²) in [5.41, 5.74) is 5.18. The van der Waals surface area contributed by atoms with Crippen molar-refractivity contribution < 1.29 is 14.0 Å². The van der Waals surface area contributed by atoms with Crippen molar-refractivity contribution in [2.75, 3.05) is 7.11 Å². The van der Waals surface area contributed by atoms with Crippen molar-refractivity contribution in [3.05, 3.63) is 24.2 Å². The average molecular weight is 182 g/mol. The Balaban J connectivity index is 2.69. The second kappa shape index (κ2) is 4.30. The Kier molecular flexibility index (Phi) is 3.08. The van der Waals surface area contributed by atoms with Crippen LogP contribution in [0.5, 0.6) is 0 Å². The number of furan rings is 1. The Labute approximate surface area is 75.1 Å². The van der Waals surface area contributed by atoms with E-state index in [0.29, 0.717) is 5.76 Å². The van der Waals surface area contributed by atoms with Gasteiger partial charge in [0.25, 0.3) is 5.91 Å². The number of oxime groups is 1. The number of primary amides is 1. The van der Waals surface area contributed by atoms with Gasteiger partial charge in [0, 0.05) is 0 Å². The molecule has 5 nitrogen and oxygen atoms in total. The second-order valence-corrected chi connectivity index (χ2v) is 2.34. The van der Waals surface area contributed by atoms with Crippen molar-refractivity contribution in [2.45, 2.75) is 6.42 Å². The molecular formula is C8H10N2O3. The largest absolute Gasteiger partial charge is 0.469 e. The summed E-state index contributed by atoms with van der Waals surface area (Å²) in [5.74, 6) is 0.00727. The molecule has 0 fully saturated rings. The van der Waals surface area contributed by atoms with Crippen LogP contribution in [0.15, 0.2) is 28.0 Å². The number of nitrogens with two attached hydrogens (primary N) is 1. The van der Waals surface area contributed by atoms with E-state index in [-0.39, 0.29) is 12.1 Å². The minimum atomic E-state index is -0.613. The first-order valence-electron chi connectivity index (χ1n) is 3.66. The Morgan fingerprint density at radius 1 is 1.77 bits per heavy atom. The summed E-state index contributed by atoms with van der Waals surface area (Å²) in [5, 5.41) is 3.48. The van der Waals surface area contributed by atoms with E-state index in [4.69, 9.17) is 10.2 Å². The normalized spacial score (nSPS) is 11.3. The highest BCUT2D eigenvalue weighted by Crippen LogP contribution is 2.02. The molecule has 0 aliphatic heterocycles. The van der Waals surface area contributed by atoms with Gasteiger partial charge in [0.15, 0.2) is 5.71 Å². The molecule has 1 aromatic heterocycles. The SMILES string of the molecule is CO/N=C(\Cc1ccco1)C(N)=O. The minimum absolute atomic E-state index is 0.137. The third-order valence-electron chi connectivity index (χ3n) is 1.41. The fourth-order valence-corrected chi connectivity index (χ4v) is 0.853. The smallest absolute Gasteiger partial charge is 0.266 e. The van der Waals surface area contributed by atoms with Crippen LogP contribution in [0, 0.1) is 0 Å². The number of carbonyl (C=O) groups excluding carboxylic acids is 1. The average Bonchev–Trinajstić information content (AvgIpc) is 2.56. The van der Waals surface area contributed by atoms with E-state index in [1.54, 1.807) is 12.1 Å². The van der Waals surface area contributed by atoms with E-state index in [1.165, 1.54) is 13.4 Å². The molecule has 1 aromatic rings. The molecule has 0 atom stereocenters. The van der Waals surface area contributed by atoms with Crippen molar-refractivity contribution in [1.82, 2.24) is 0 Å². The molecular weight excluding hydrogens is 172 g/mol. The van der Waals surface area contributed by atoms with Crippen molar-refractivity contribution in [3.8, 4) is 0 Å². The van der Waals surface area contributed by atoms with Crippen LogP contribution < -0.4 is 5.73 Å². The molecule has 0 bridgehead atoms. The van der Waals surface area contributed by atoms with Gasteiger partial charge in [0.1, 0.15) is 12.9 Å². The number of rotatable bonds is 4. The van der Waals surface area contributed by atoms with Crippen molar-refractivity contribution in [2.24, 2.45) is 10.9 Å². The van der Waals surface area contributed by atoms with Gasteiger partial charge in [-0.25, -0.2) is 0 Å². The van der Waals surface area contributed by atoms with Gasteiger partial charge in [-0.1, -0.05) is 5.16 Å². The monoisotopic (exact) mass is 182 g/mol.